The molecule has 3 atom stereocenters. The summed E-state index contributed by atoms with van der Waals surface area (Å²) in [6.45, 7) is 1.46. The van der Waals surface area contributed by atoms with Crippen molar-refractivity contribution in [3.8, 4) is 0 Å². The maximum absolute atomic E-state index is 11.8. The molecule has 0 saturated carbocycles. The number of carbonyl (C=O) groups is 2. The quantitative estimate of drug-likeness (QED) is 0.411. The molecule has 0 aromatic carbocycles. The van der Waals surface area contributed by atoms with Crippen molar-refractivity contribution in [1.82, 2.24) is 4.90 Å². The smallest absolute Gasteiger partial charge is 0.352 e. The Bertz CT molecular complexity index is 521. The number of hydrogen-bond donors (Lipinski definition) is 2. The minimum Gasteiger partial charge on any atom is -0.477 e. The Balaban J connectivity index is 2.32. The molecule has 2 aliphatic heterocycles. The van der Waals surface area contributed by atoms with Crippen LogP contribution in [0.1, 0.15) is 13.3 Å². The van der Waals surface area contributed by atoms with Gasteiger partial charge >= 0.3 is 5.97 Å². The van der Waals surface area contributed by atoms with Crippen LogP contribution in [-0.4, -0.2) is 44.1 Å². The Kier molecular flexibility index (Phi) is 3.11. The monoisotopic (exact) mass is 268 g/mol. The lowest BCUT2D eigenvalue weighted by Gasteiger charge is -2.44. The highest BCUT2D eigenvalue weighted by atomic mass is 16.6. The van der Waals surface area contributed by atoms with Gasteiger partial charge in [0.1, 0.15) is 5.70 Å². The van der Waals surface area contributed by atoms with E-state index in [0.29, 0.717) is 6.20 Å². The highest BCUT2D eigenvalue weighted by Crippen LogP contribution is 2.43. The van der Waals surface area contributed by atoms with Crippen LogP contribution in [0.4, 0.5) is 0 Å². The van der Waals surface area contributed by atoms with Crippen molar-refractivity contribution in [2.75, 3.05) is 0 Å². The molecule has 0 aromatic rings. The van der Waals surface area contributed by atoms with Gasteiger partial charge in [0.15, 0.2) is 0 Å². The zero-order valence-corrected chi connectivity index (χ0v) is 10.0. The molecule has 1 saturated heterocycles. The molecule has 2 rings (SSSR count). The van der Waals surface area contributed by atoms with Gasteiger partial charge in [-0.3, -0.25) is 14.9 Å². The molecule has 1 amide bonds. The van der Waals surface area contributed by atoms with E-state index in [9.17, 15) is 24.8 Å². The van der Waals surface area contributed by atoms with Crippen LogP contribution in [0.2, 0.25) is 0 Å². The highest BCUT2D eigenvalue weighted by Gasteiger charge is 2.56. The first kappa shape index (κ1) is 13.2. The zero-order chi connectivity index (χ0) is 14.3. The van der Waals surface area contributed by atoms with Crippen molar-refractivity contribution < 1.29 is 24.7 Å². The van der Waals surface area contributed by atoms with Crippen molar-refractivity contribution in [2.24, 2.45) is 5.92 Å². The average Bonchev–Trinajstić information content (AvgIpc) is 2.60. The van der Waals surface area contributed by atoms with E-state index in [4.69, 9.17) is 5.11 Å². The summed E-state index contributed by atoms with van der Waals surface area (Å²) in [7, 11) is 0. The predicted octanol–water partition coefficient (Wildman–Crippen LogP) is -0.273. The molecule has 2 N–H and O–H groups in total. The normalized spacial score (nSPS) is 27.5. The lowest BCUT2D eigenvalue weighted by molar-refractivity contribution is -0.402. The lowest BCUT2D eigenvalue weighted by atomic mass is 9.83. The van der Waals surface area contributed by atoms with E-state index >= 15 is 0 Å². The third-order valence-corrected chi connectivity index (χ3v) is 3.36. The van der Waals surface area contributed by atoms with Crippen molar-refractivity contribution in [2.45, 2.75) is 25.5 Å². The summed E-state index contributed by atoms with van der Waals surface area (Å²) in [5.41, 5.74) is -0.00398. The van der Waals surface area contributed by atoms with Crippen LogP contribution >= 0.6 is 0 Å². The van der Waals surface area contributed by atoms with Crippen molar-refractivity contribution >= 4 is 11.9 Å². The number of rotatable bonds is 4. The first-order chi connectivity index (χ1) is 8.84. The molecule has 102 valence electrons. The molecular weight excluding hydrogens is 256 g/mol. The van der Waals surface area contributed by atoms with E-state index in [1.54, 1.807) is 0 Å². The summed E-state index contributed by atoms with van der Waals surface area (Å²) >= 11 is 0. The van der Waals surface area contributed by atoms with Gasteiger partial charge in [0, 0.05) is 6.08 Å². The Labute approximate surface area is 107 Å². The van der Waals surface area contributed by atoms with Gasteiger partial charge in [0.25, 0.3) is 0 Å². The second-order valence-electron chi connectivity index (χ2n) is 4.53. The van der Waals surface area contributed by atoms with Crippen molar-refractivity contribution in [1.29, 1.82) is 0 Å². The molecular formula is C11H12N2O6. The first-order valence-corrected chi connectivity index (χ1v) is 5.64. The van der Waals surface area contributed by atoms with Crippen LogP contribution in [0.5, 0.6) is 0 Å². The van der Waals surface area contributed by atoms with Gasteiger partial charge in [0.2, 0.25) is 12.1 Å². The van der Waals surface area contributed by atoms with Crippen molar-refractivity contribution in [3.05, 3.63) is 33.7 Å². The van der Waals surface area contributed by atoms with E-state index < -0.39 is 34.9 Å². The number of amides is 1. The summed E-state index contributed by atoms with van der Waals surface area (Å²) in [4.78, 5) is 33.6. The second kappa shape index (κ2) is 4.47. The molecule has 19 heavy (non-hydrogen) atoms. The first-order valence-electron chi connectivity index (χ1n) is 5.64. The van der Waals surface area contributed by atoms with Crippen LogP contribution in [0.25, 0.3) is 0 Å². The summed E-state index contributed by atoms with van der Waals surface area (Å²) in [5.74, 6) is -2.40. The van der Waals surface area contributed by atoms with Gasteiger partial charge in [-0.2, -0.15) is 0 Å². The molecule has 0 unspecified atom stereocenters. The number of aliphatic carboxylic acids is 1. The molecule has 0 spiro atoms. The molecule has 2 aliphatic rings. The molecule has 0 bridgehead atoms. The largest absolute Gasteiger partial charge is 0.477 e. The molecule has 8 heteroatoms. The fourth-order valence-corrected chi connectivity index (χ4v) is 2.60. The van der Waals surface area contributed by atoms with Crippen LogP contribution in [0.15, 0.2) is 23.5 Å². The van der Waals surface area contributed by atoms with Gasteiger partial charge in [-0.25, -0.2) is 4.79 Å². The number of carbonyl (C=O) groups excluding carboxylic acids is 1. The Hall–Kier alpha value is -2.22. The Morgan fingerprint density at radius 2 is 2.26 bits per heavy atom. The number of allylic oxidation sites excluding steroid dienone is 1. The number of nitro groups is 1. The highest BCUT2D eigenvalue weighted by molar-refractivity contribution is 6.00. The standard InChI is InChI=1S/C11H12N2O6/c1-5(14)8-7-4-6(2-3-12(18)19)9(11(16)17)13(7)10(8)15/h2-3,5,7-8,14H,4H2,1H3,(H,16,17)/b3-2+/t5-,7-,8-/m1/s1. The molecule has 0 aromatic heterocycles. The summed E-state index contributed by atoms with van der Waals surface area (Å²) in [5, 5.41) is 28.9. The lowest BCUT2D eigenvalue weighted by Crippen LogP contribution is -2.61. The van der Waals surface area contributed by atoms with Gasteiger partial charge < -0.3 is 15.1 Å². The van der Waals surface area contributed by atoms with E-state index in [0.717, 1.165) is 11.0 Å². The van der Waals surface area contributed by atoms with Crippen LogP contribution < -0.4 is 0 Å². The fourth-order valence-electron chi connectivity index (χ4n) is 2.60. The zero-order valence-electron chi connectivity index (χ0n) is 10.0. The minimum atomic E-state index is -1.30. The third kappa shape index (κ3) is 1.99. The molecule has 1 fully saturated rings. The number of hydrogen-bond acceptors (Lipinski definition) is 5. The topological polar surface area (TPSA) is 121 Å². The third-order valence-electron chi connectivity index (χ3n) is 3.36. The second-order valence-corrected chi connectivity index (χ2v) is 4.53. The molecule has 8 nitrogen and oxygen atoms in total. The van der Waals surface area contributed by atoms with Crippen molar-refractivity contribution in [3.63, 3.8) is 0 Å². The van der Waals surface area contributed by atoms with Gasteiger partial charge in [-0.1, -0.05) is 0 Å². The number of aliphatic hydroxyl groups excluding tert-OH is 1. The van der Waals surface area contributed by atoms with Gasteiger partial charge in [-0.05, 0) is 18.9 Å². The molecule has 0 radical (unpaired) electrons. The SMILES string of the molecule is C[C@@H](O)[C@H]1C(=O)N2C(C(=O)O)=C(/C=C/[N+](=O)[O-])C[C@H]12. The molecule has 0 aliphatic carbocycles. The van der Waals surface area contributed by atoms with Gasteiger partial charge in [-0.15, -0.1) is 0 Å². The number of nitrogens with zero attached hydrogens (tertiary/aromatic N) is 2. The van der Waals surface area contributed by atoms with E-state index in [1.165, 1.54) is 6.92 Å². The van der Waals surface area contributed by atoms with Crippen LogP contribution in [0, 0.1) is 16.0 Å². The van der Waals surface area contributed by atoms with Crippen LogP contribution in [-0.2, 0) is 9.59 Å². The predicted molar refractivity (Wildman–Crippen MR) is 61.2 cm³/mol. The number of aliphatic hydroxyl groups is 1. The fraction of sp³-hybridized carbons (Fsp3) is 0.455. The van der Waals surface area contributed by atoms with E-state index in [1.807, 2.05) is 0 Å². The number of carboxylic acids is 1. The van der Waals surface area contributed by atoms with Gasteiger partial charge in [0.05, 0.1) is 23.0 Å². The molecule has 2 heterocycles. The number of fused-ring (bicyclic) bond motifs is 1. The Morgan fingerprint density at radius 1 is 1.63 bits per heavy atom. The summed E-state index contributed by atoms with van der Waals surface area (Å²) in [6.07, 6.45) is 1.07. The Morgan fingerprint density at radius 3 is 2.74 bits per heavy atom. The minimum absolute atomic E-state index is 0.202. The van der Waals surface area contributed by atoms with Crippen LogP contribution in [0.3, 0.4) is 0 Å². The maximum Gasteiger partial charge on any atom is 0.352 e. The van der Waals surface area contributed by atoms with E-state index in [-0.39, 0.29) is 17.7 Å². The maximum atomic E-state index is 11.8. The average molecular weight is 268 g/mol. The van der Waals surface area contributed by atoms with E-state index in [2.05, 4.69) is 0 Å². The summed E-state index contributed by atoms with van der Waals surface area (Å²) < 4.78 is 0. The number of carboxylic acid groups (broad SMARTS) is 1. The summed E-state index contributed by atoms with van der Waals surface area (Å²) in [6, 6.07) is -0.426. The number of β-lactam (4-membered cyclic amide) rings is 1.